The van der Waals surface area contributed by atoms with Gasteiger partial charge in [-0.05, 0) is 60.4 Å². The Bertz CT molecular complexity index is 724. The van der Waals surface area contributed by atoms with Crippen molar-refractivity contribution in [2.75, 3.05) is 6.61 Å². The zero-order valence-electron chi connectivity index (χ0n) is 15.0. The van der Waals surface area contributed by atoms with Gasteiger partial charge in [0.15, 0.2) is 0 Å². The molecule has 132 valence electrons. The zero-order valence-corrected chi connectivity index (χ0v) is 15.0. The van der Waals surface area contributed by atoms with Gasteiger partial charge in [-0.2, -0.15) is 0 Å². The third-order valence-electron chi connectivity index (χ3n) is 4.83. The molecule has 0 unspecified atom stereocenters. The van der Waals surface area contributed by atoms with Gasteiger partial charge in [0.25, 0.3) is 0 Å². The van der Waals surface area contributed by atoms with E-state index in [1.165, 1.54) is 30.4 Å². The Kier molecular flexibility index (Phi) is 6.24. The Hall–Kier alpha value is -2.13. The van der Waals surface area contributed by atoms with Crippen LogP contribution in [0.5, 0.6) is 0 Å². The van der Waals surface area contributed by atoms with Crippen molar-refractivity contribution in [3.63, 3.8) is 0 Å². The molecule has 1 amide bonds. The molecule has 0 saturated heterocycles. The number of carbonyl (C=O) groups is 1. The standard InChI is InChI=1S/C22H27NO2/c1-2-25-16-21-10-6-5-9-20(21)15-23-22(24)14-17-11-12-18-7-3-4-8-19(18)13-17/h5-6,9-13H,2-4,7-8,14-16H2,1H3,(H,23,24). The number of rotatable bonds is 7. The van der Waals surface area contributed by atoms with Crippen LogP contribution in [0.25, 0.3) is 0 Å². The minimum Gasteiger partial charge on any atom is -0.377 e. The minimum atomic E-state index is 0.0713. The fourth-order valence-corrected chi connectivity index (χ4v) is 3.42. The van der Waals surface area contributed by atoms with E-state index in [9.17, 15) is 4.79 Å². The minimum absolute atomic E-state index is 0.0713. The van der Waals surface area contributed by atoms with Crippen LogP contribution in [0.1, 0.15) is 47.6 Å². The predicted molar refractivity (Wildman–Crippen MR) is 100 cm³/mol. The smallest absolute Gasteiger partial charge is 0.224 e. The number of carbonyl (C=O) groups excluding carboxylic acids is 1. The summed E-state index contributed by atoms with van der Waals surface area (Å²) in [4.78, 5) is 12.3. The van der Waals surface area contributed by atoms with Gasteiger partial charge < -0.3 is 10.1 Å². The number of hydrogen-bond donors (Lipinski definition) is 1. The highest BCUT2D eigenvalue weighted by Gasteiger charge is 2.11. The van der Waals surface area contributed by atoms with Crippen molar-refractivity contribution < 1.29 is 9.53 Å². The van der Waals surface area contributed by atoms with Gasteiger partial charge in [0.2, 0.25) is 5.91 Å². The fourth-order valence-electron chi connectivity index (χ4n) is 3.42. The summed E-state index contributed by atoms with van der Waals surface area (Å²) in [6.07, 6.45) is 5.32. The fraction of sp³-hybridized carbons (Fsp3) is 0.409. The highest BCUT2D eigenvalue weighted by molar-refractivity contribution is 5.78. The van der Waals surface area contributed by atoms with Crippen LogP contribution in [-0.4, -0.2) is 12.5 Å². The Morgan fingerprint density at radius 1 is 1.04 bits per heavy atom. The lowest BCUT2D eigenvalue weighted by molar-refractivity contribution is -0.120. The molecule has 25 heavy (non-hydrogen) atoms. The van der Waals surface area contributed by atoms with Crippen LogP contribution >= 0.6 is 0 Å². The first-order chi connectivity index (χ1) is 12.3. The molecule has 2 aromatic rings. The largest absolute Gasteiger partial charge is 0.377 e. The normalized spacial score (nSPS) is 13.3. The molecule has 3 nitrogen and oxygen atoms in total. The van der Waals surface area contributed by atoms with Crippen molar-refractivity contribution in [2.24, 2.45) is 0 Å². The maximum Gasteiger partial charge on any atom is 0.224 e. The Balaban J connectivity index is 1.56. The first-order valence-corrected chi connectivity index (χ1v) is 9.28. The summed E-state index contributed by atoms with van der Waals surface area (Å²) in [6, 6.07) is 14.6. The van der Waals surface area contributed by atoms with Gasteiger partial charge in [-0.15, -0.1) is 0 Å². The number of ether oxygens (including phenoxy) is 1. The molecule has 0 spiro atoms. The second-order valence-electron chi connectivity index (χ2n) is 6.67. The molecule has 1 aliphatic carbocycles. The highest BCUT2D eigenvalue weighted by Crippen LogP contribution is 2.22. The monoisotopic (exact) mass is 337 g/mol. The van der Waals surface area contributed by atoms with Crippen LogP contribution in [0.3, 0.4) is 0 Å². The van der Waals surface area contributed by atoms with Crippen LogP contribution in [0.2, 0.25) is 0 Å². The molecular weight excluding hydrogens is 310 g/mol. The molecule has 0 heterocycles. The van der Waals surface area contributed by atoms with E-state index in [-0.39, 0.29) is 5.91 Å². The molecule has 3 rings (SSSR count). The van der Waals surface area contributed by atoms with Crippen molar-refractivity contribution in [1.29, 1.82) is 0 Å². The topological polar surface area (TPSA) is 38.3 Å². The van der Waals surface area contributed by atoms with Crippen molar-refractivity contribution in [3.8, 4) is 0 Å². The number of benzene rings is 2. The third kappa shape index (κ3) is 4.93. The van der Waals surface area contributed by atoms with E-state index in [0.717, 1.165) is 23.1 Å². The molecule has 0 radical (unpaired) electrons. The lowest BCUT2D eigenvalue weighted by Gasteiger charge is -2.16. The maximum absolute atomic E-state index is 12.3. The summed E-state index contributed by atoms with van der Waals surface area (Å²) >= 11 is 0. The summed E-state index contributed by atoms with van der Waals surface area (Å²) < 4.78 is 5.50. The molecule has 0 fully saturated rings. The Labute approximate surface area is 150 Å². The van der Waals surface area contributed by atoms with E-state index in [4.69, 9.17) is 4.74 Å². The van der Waals surface area contributed by atoms with Crippen molar-refractivity contribution in [2.45, 2.75) is 52.2 Å². The number of nitrogens with one attached hydrogen (secondary N) is 1. The average molecular weight is 337 g/mol. The average Bonchev–Trinajstić information content (AvgIpc) is 2.65. The molecule has 3 heteroatoms. The van der Waals surface area contributed by atoms with Crippen LogP contribution in [0.15, 0.2) is 42.5 Å². The summed E-state index contributed by atoms with van der Waals surface area (Å²) in [7, 11) is 0. The van der Waals surface area contributed by atoms with E-state index >= 15 is 0 Å². The van der Waals surface area contributed by atoms with Crippen LogP contribution < -0.4 is 5.32 Å². The number of fused-ring (bicyclic) bond motifs is 1. The lowest BCUT2D eigenvalue weighted by Crippen LogP contribution is -2.25. The van der Waals surface area contributed by atoms with E-state index in [2.05, 4.69) is 29.6 Å². The van der Waals surface area contributed by atoms with Crippen LogP contribution in [0.4, 0.5) is 0 Å². The van der Waals surface area contributed by atoms with Gasteiger partial charge in [-0.3, -0.25) is 4.79 Å². The number of amides is 1. The van der Waals surface area contributed by atoms with Crippen LogP contribution in [-0.2, 0) is 41.9 Å². The van der Waals surface area contributed by atoms with E-state index in [1.54, 1.807) is 0 Å². The van der Waals surface area contributed by atoms with Crippen molar-refractivity contribution in [1.82, 2.24) is 5.32 Å². The number of hydrogen-bond acceptors (Lipinski definition) is 2. The summed E-state index contributed by atoms with van der Waals surface area (Å²) in [5, 5.41) is 3.05. The van der Waals surface area contributed by atoms with E-state index in [1.807, 2.05) is 25.1 Å². The SMILES string of the molecule is CCOCc1ccccc1CNC(=O)Cc1ccc2c(c1)CCCC2. The molecule has 2 aromatic carbocycles. The van der Waals surface area contributed by atoms with E-state index in [0.29, 0.717) is 26.2 Å². The van der Waals surface area contributed by atoms with Crippen molar-refractivity contribution in [3.05, 3.63) is 70.3 Å². The van der Waals surface area contributed by atoms with Gasteiger partial charge in [0.1, 0.15) is 0 Å². The van der Waals surface area contributed by atoms with Gasteiger partial charge in [-0.1, -0.05) is 42.5 Å². The molecule has 0 aliphatic heterocycles. The number of aryl methyl sites for hydroxylation is 2. The summed E-state index contributed by atoms with van der Waals surface area (Å²) in [6.45, 7) is 3.82. The molecular formula is C22H27NO2. The third-order valence-corrected chi connectivity index (χ3v) is 4.83. The van der Waals surface area contributed by atoms with Gasteiger partial charge in [0, 0.05) is 13.2 Å². The molecule has 0 aromatic heterocycles. The van der Waals surface area contributed by atoms with Gasteiger partial charge in [-0.25, -0.2) is 0 Å². The molecule has 0 bridgehead atoms. The zero-order chi connectivity index (χ0) is 17.5. The quantitative estimate of drug-likeness (QED) is 0.830. The van der Waals surface area contributed by atoms with Gasteiger partial charge >= 0.3 is 0 Å². The second kappa shape index (κ2) is 8.82. The van der Waals surface area contributed by atoms with Gasteiger partial charge in [0.05, 0.1) is 13.0 Å². The highest BCUT2D eigenvalue weighted by atomic mass is 16.5. The molecule has 1 N–H and O–H groups in total. The predicted octanol–water partition coefficient (Wildman–Crippen LogP) is 3.96. The first-order valence-electron chi connectivity index (χ1n) is 9.28. The first kappa shape index (κ1) is 17.7. The molecule has 0 saturated carbocycles. The summed E-state index contributed by atoms with van der Waals surface area (Å²) in [5.74, 6) is 0.0713. The van der Waals surface area contributed by atoms with Crippen molar-refractivity contribution >= 4 is 5.91 Å². The molecule has 0 atom stereocenters. The Morgan fingerprint density at radius 2 is 1.80 bits per heavy atom. The Morgan fingerprint density at radius 3 is 2.60 bits per heavy atom. The second-order valence-corrected chi connectivity index (χ2v) is 6.67. The van der Waals surface area contributed by atoms with E-state index < -0.39 is 0 Å². The maximum atomic E-state index is 12.3. The summed E-state index contributed by atoms with van der Waals surface area (Å²) in [5.41, 5.74) is 6.26. The molecule has 1 aliphatic rings. The van der Waals surface area contributed by atoms with Crippen LogP contribution in [0, 0.1) is 0 Å². The lowest BCUT2D eigenvalue weighted by atomic mass is 9.90.